The number of thiol groups is 1. The Kier molecular flexibility index (Phi) is 5.36. The summed E-state index contributed by atoms with van der Waals surface area (Å²) in [5, 5.41) is 0. The van der Waals surface area contributed by atoms with Gasteiger partial charge in [-0.3, -0.25) is 4.98 Å². The van der Waals surface area contributed by atoms with Crippen LogP contribution in [0.3, 0.4) is 0 Å². The number of benzene rings is 3. The lowest BCUT2D eigenvalue weighted by Crippen LogP contribution is -2.07. The van der Waals surface area contributed by atoms with Gasteiger partial charge in [-0.15, -0.1) is 12.6 Å². The highest BCUT2D eigenvalue weighted by molar-refractivity contribution is 7.80. The molecule has 4 rings (SSSR count). The van der Waals surface area contributed by atoms with E-state index in [1.807, 2.05) is 24.5 Å². The molecular weight excluding hydrogens is 346 g/mol. The molecule has 0 saturated heterocycles. The smallest absolute Gasteiger partial charge is 0.0346 e. The Hall–Kier alpha value is -2.84. The van der Waals surface area contributed by atoms with E-state index in [2.05, 4.69) is 83.8 Å². The maximum absolute atomic E-state index is 4.74. The van der Waals surface area contributed by atoms with Crippen LogP contribution in [-0.4, -0.2) is 4.98 Å². The van der Waals surface area contributed by atoms with E-state index in [-0.39, 0.29) is 5.92 Å². The van der Waals surface area contributed by atoms with Crippen molar-refractivity contribution in [3.05, 3.63) is 120 Å². The van der Waals surface area contributed by atoms with Crippen molar-refractivity contribution in [1.29, 1.82) is 0 Å². The van der Waals surface area contributed by atoms with Gasteiger partial charge in [0.05, 0.1) is 0 Å². The van der Waals surface area contributed by atoms with Gasteiger partial charge in [0.1, 0.15) is 0 Å². The van der Waals surface area contributed by atoms with Gasteiger partial charge in [-0.25, -0.2) is 0 Å². The largest absolute Gasteiger partial charge is 0.264 e. The number of pyridine rings is 1. The van der Waals surface area contributed by atoms with Crippen LogP contribution < -0.4 is 0 Å². The van der Waals surface area contributed by atoms with E-state index in [0.29, 0.717) is 0 Å². The molecule has 0 amide bonds. The standard InChI is InChI=1S/C25H21NS/c27-25-15-7-6-14-23(25)24(19-9-2-1-3-10-19)17-20-11-4-5-13-22(20)21-12-8-16-26-18-21/h1-16,18,24,27H,17H2. The number of hydrogen-bond donors (Lipinski definition) is 1. The predicted octanol–water partition coefficient (Wildman–Crippen LogP) is 6.41. The summed E-state index contributed by atoms with van der Waals surface area (Å²) in [4.78, 5) is 5.33. The van der Waals surface area contributed by atoms with Crippen LogP contribution in [0.4, 0.5) is 0 Å². The fourth-order valence-corrected chi connectivity index (χ4v) is 3.91. The van der Waals surface area contributed by atoms with Gasteiger partial charge in [0.2, 0.25) is 0 Å². The molecule has 0 aliphatic heterocycles. The molecule has 4 aromatic rings. The second kappa shape index (κ2) is 8.24. The normalized spacial score (nSPS) is 11.9. The Morgan fingerprint density at radius 1 is 0.741 bits per heavy atom. The summed E-state index contributed by atoms with van der Waals surface area (Å²) < 4.78 is 0. The van der Waals surface area contributed by atoms with Crippen LogP contribution in [0.25, 0.3) is 11.1 Å². The number of hydrogen-bond acceptors (Lipinski definition) is 2. The zero-order valence-electron chi connectivity index (χ0n) is 15.0. The zero-order chi connectivity index (χ0) is 18.5. The topological polar surface area (TPSA) is 12.9 Å². The third kappa shape index (κ3) is 3.96. The molecule has 0 spiro atoms. The third-order valence-electron chi connectivity index (χ3n) is 4.93. The van der Waals surface area contributed by atoms with E-state index in [1.165, 1.54) is 22.3 Å². The Bertz CT molecular complexity index is 1010. The van der Waals surface area contributed by atoms with E-state index in [0.717, 1.165) is 16.9 Å². The molecule has 27 heavy (non-hydrogen) atoms. The molecule has 1 heterocycles. The third-order valence-corrected chi connectivity index (χ3v) is 5.34. The lowest BCUT2D eigenvalue weighted by Gasteiger charge is -2.21. The number of nitrogens with zero attached hydrogens (tertiary/aromatic N) is 1. The molecule has 0 bridgehead atoms. The van der Waals surface area contributed by atoms with Crippen molar-refractivity contribution in [3.63, 3.8) is 0 Å². The fraction of sp³-hybridized carbons (Fsp3) is 0.0800. The van der Waals surface area contributed by atoms with Crippen molar-refractivity contribution in [1.82, 2.24) is 4.98 Å². The van der Waals surface area contributed by atoms with Crippen molar-refractivity contribution >= 4 is 12.6 Å². The molecule has 1 nitrogen and oxygen atoms in total. The quantitative estimate of drug-likeness (QED) is 0.402. The van der Waals surface area contributed by atoms with Gasteiger partial charge >= 0.3 is 0 Å². The van der Waals surface area contributed by atoms with E-state index in [1.54, 1.807) is 0 Å². The molecule has 0 aliphatic carbocycles. The van der Waals surface area contributed by atoms with Crippen molar-refractivity contribution in [3.8, 4) is 11.1 Å². The first-order chi connectivity index (χ1) is 13.3. The Morgan fingerprint density at radius 3 is 2.26 bits per heavy atom. The highest BCUT2D eigenvalue weighted by Crippen LogP contribution is 2.35. The van der Waals surface area contributed by atoms with Gasteiger partial charge in [-0.05, 0) is 40.8 Å². The van der Waals surface area contributed by atoms with Crippen molar-refractivity contribution < 1.29 is 0 Å². The molecule has 1 atom stereocenters. The second-order valence-corrected chi connectivity index (χ2v) is 7.11. The minimum atomic E-state index is 0.248. The first-order valence-electron chi connectivity index (χ1n) is 9.14. The van der Waals surface area contributed by atoms with Gasteiger partial charge in [-0.2, -0.15) is 0 Å². The Labute approximate surface area is 166 Å². The molecule has 1 aromatic heterocycles. The zero-order valence-corrected chi connectivity index (χ0v) is 15.9. The van der Waals surface area contributed by atoms with Gasteiger partial charge in [-0.1, -0.05) is 78.9 Å². The fourth-order valence-electron chi connectivity index (χ4n) is 3.60. The molecule has 0 aliphatic rings. The predicted molar refractivity (Wildman–Crippen MR) is 115 cm³/mol. The van der Waals surface area contributed by atoms with Crippen LogP contribution in [0.1, 0.15) is 22.6 Å². The van der Waals surface area contributed by atoms with Crippen molar-refractivity contribution in [2.45, 2.75) is 17.2 Å². The van der Waals surface area contributed by atoms with Crippen LogP contribution in [-0.2, 0) is 6.42 Å². The van der Waals surface area contributed by atoms with E-state index < -0.39 is 0 Å². The molecule has 0 N–H and O–H groups in total. The molecule has 1 unspecified atom stereocenters. The van der Waals surface area contributed by atoms with Gasteiger partial charge in [0.15, 0.2) is 0 Å². The molecule has 132 valence electrons. The highest BCUT2D eigenvalue weighted by Gasteiger charge is 2.18. The molecule has 0 radical (unpaired) electrons. The summed E-state index contributed by atoms with van der Waals surface area (Å²) >= 11 is 4.74. The molecule has 2 heteroatoms. The summed E-state index contributed by atoms with van der Waals surface area (Å²) in [5.41, 5.74) is 6.27. The van der Waals surface area contributed by atoms with Crippen molar-refractivity contribution in [2.75, 3.05) is 0 Å². The number of rotatable bonds is 5. The van der Waals surface area contributed by atoms with Crippen LogP contribution in [0.15, 0.2) is 108 Å². The van der Waals surface area contributed by atoms with Crippen LogP contribution in [0.5, 0.6) is 0 Å². The average molecular weight is 368 g/mol. The summed E-state index contributed by atoms with van der Waals surface area (Å²) in [6.07, 6.45) is 4.66. The Morgan fingerprint density at radius 2 is 1.48 bits per heavy atom. The maximum atomic E-state index is 4.74. The highest BCUT2D eigenvalue weighted by atomic mass is 32.1. The monoisotopic (exact) mass is 367 g/mol. The van der Waals surface area contributed by atoms with E-state index >= 15 is 0 Å². The lowest BCUT2D eigenvalue weighted by molar-refractivity contribution is 0.789. The van der Waals surface area contributed by atoms with Gasteiger partial charge in [0, 0.05) is 28.8 Å². The van der Waals surface area contributed by atoms with Gasteiger partial charge in [0.25, 0.3) is 0 Å². The lowest BCUT2D eigenvalue weighted by atomic mass is 9.84. The second-order valence-electron chi connectivity index (χ2n) is 6.63. The van der Waals surface area contributed by atoms with Crippen LogP contribution >= 0.6 is 12.6 Å². The first kappa shape index (κ1) is 17.6. The van der Waals surface area contributed by atoms with Gasteiger partial charge < -0.3 is 0 Å². The maximum Gasteiger partial charge on any atom is 0.0346 e. The molecular formula is C25H21NS. The number of aromatic nitrogens is 1. The summed E-state index contributed by atoms with van der Waals surface area (Å²) in [5.74, 6) is 0.248. The van der Waals surface area contributed by atoms with Crippen LogP contribution in [0.2, 0.25) is 0 Å². The van der Waals surface area contributed by atoms with E-state index in [9.17, 15) is 0 Å². The first-order valence-corrected chi connectivity index (χ1v) is 9.59. The summed E-state index contributed by atoms with van der Waals surface area (Å²) in [7, 11) is 0. The SMILES string of the molecule is Sc1ccccc1C(Cc1ccccc1-c1cccnc1)c1ccccc1. The minimum absolute atomic E-state index is 0.248. The van der Waals surface area contributed by atoms with E-state index in [4.69, 9.17) is 12.6 Å². The van der Waals surface area contributed by atoms with Crippen LogP contribution in [0, 0.1) is 0 Å². The molecule has 3 aromatic carbocycles. The summed E-state index contributed by atoms with van der Waals surface area (Å²) in [6.45, 7) is 0. The molecule has 0 saturated carbocycles. The Balaban J connectivity index is 1.79. The average Bonchev–Trinajstić information content (AvgIpc) is 2.74. The minimum Gasteiger partial charge on any atom is -0.264 e. The summed E-state index contributed by atoms with van der Waals surface area (Å²) in [6, 6.07) is 31.8. The van der Waals surface area contributed by atoms with Crippen molar-refractivity contribution in [2.24, 2.45) is 0 Å². The molecule has 0 fully saturated rings.